The first-order valence-corrected chi connectivity index (χ1v) is 3.40. The second-order valence-corrected chi connectivity index (χ2v) is 2.32. The summed E-state index contributed by atoms with van der Waals surface area (Å²) in [5.41, 5.74) is -0.441. The molecule has 1 aromatic carbocycles. The Labute approximate surface area is 85.7 Å². The number of aliphatic carboxylic acids is 1. The minimum atomic E-state index is -2.81. The molecule has 0 aliphatic heterocycles. The smallest absolute Gasteiger partial charge is 0.320 e. The molecule has 0 amide bonds. The standard InChI is InChI=1S/C9H11NO3/c10-8(9(12)13)5-6-2-1-3-7(11)4-6/h1-4,8,11H,5,10H2,(H,12,13)/t8-/m1/s1/i1D,5D,8D/hD4/t5?,8-. The first kappa shape index (κ1) is 3.67. The van der Waals surface area contributed by atoms with E-state index in [0.717, 1.165) is 12.1 Å². The second kappa shape index (κ2) is 3.91. The number of carboxylic acids is 1. The number of hydrogen-bond acceptors (Lipinski definition) is 4. The molecule has 0 aliphatic carbocycles. The van der Waals surface area contributed by atoms with Gasteiger partial charge in [0.1, 0.15) is 14.6 Å². The van der Waals surface area contributed by atoms with Gasteiger partial charge in [0.25, 0.3) is 2.86 Å². The highest BCUT2D eigenvalue weighted by molar-refractivity contribution is 5.73. The van der Waals surface area contributed by atoms with Gasteiger partial charge in [-0.3, -0.25) is 4.79 Å². The summed E-state index contributed by atoms with van der Waals surface area (Å²) in [7, 11) is 0. The van der Waals surface area contributed by atoms with Crippen LogP contribution >= 0.6 is 0 Å². The third-order valence-corrected chi connectivity index (χ3v) is 1.30. The number of nitrogens with two attached hydrogens (primary N) is 1. The van der Waals surface area contributed by atoms with E-state index < -0.39 is 18.4 Å². The molecule has 1 rings (SSSR count). The SMILES string of the molecule is [2H]OC(=O)[C@@]([2H])(C([2H])c1cc([2H])cc(O[2H])c1)N([2H])[2H]. The van der Waals surface area contributed by atoms with Crippen LogP contribution in [0, 0.1) is 0 Å². The molecule has 0 fully saturated rings. The van der Waals surface area contributed by atoms with Crippen molar-refractivity contribution in [1.29, 1.82) is 2.86 Å². The Morgan fingerprint density at radius 1 is 2.00 bits per heavy atom. The van der Waals surface area contributed by atoms with Gasteiger partial charge in [0, 0.05) is 1.37 Å². The maximum atomic E-state index is 11.4. The minimum absolute atomic E-state index is 0.0900. The lowest BCUT2D eigenvalue weighted by atomic mass is 10.1. The molecule has 2 atom stereocenters. The van der Waals surface area contributed by atoms with Gasteiger partial charge in [0.2, 0.25) is 0 Å². The summed E-state index contributed by atoms with van der Waals surface area (Å²) in [6.07, 6.45) is -1.81. The van der Waals surface area contributed by atoms with Crippen molar-refractivity contribution >= 4 is 5.97 Å². The van der Waals surface area contributed by atoms with Crippen LogP contribution in [0.25, 0.3) is 1.43 Å². The Kier molecular flexibility index (Phi) is 1.10. The molecule has 0 bridgehead atoms. The number of phenols is 1. The number of hydrogen-bond donors (Lipinski definition) is 3. The van der Waals surface area contributed by atoms with Crippen LogP contribution in [0.4, 0.5) is 0 Å². The van der Waals surface area contributed by atoms with Crippen LogP contribution in [-0.4, -0.2) is 23.6 Å². The lowest BCUT2D eigenvalue weighted by molar-refractivity contribution is -0.138. The zero-order valence-corrected chi connectivity index (χ0v) is 6.48. The lowest BCUT2D eigenvalue weighted by Crippen LogP contribution is -2.32. The molecule has 13 heavy (non-hydrogen) atoms. The monoisotopic (exact) mass is 188 g/mol. The zero-order valence-electron chi connectivity index (χ0n) is 13.5. The summed E-state index contributed by atoms with van der Waals surface area (Å²) in [5, 5.41) is 7.78. The summed E-state index contributed by atoms with van der Waals surface area (Å²) in [6, 6.07) is 0.493. The van der Waals surface area contributed by atoms with Gasteiger partial charge in [-0.15, -0.1) is 0 Å². The van der Waals surface area contributed by atoms with E-state index in [2.05, 4.69) is 10.2 Å². The first-order chi connectivity index (χ1) is 9.27. The average Bonchev–Trinajstić information content (AvgIpc) is 2.43. The van der Waals surface area contributed by atoms with Gasteiger partial charge in [-0.05, 0) is 24.1 Å². The fourth-order valence-electron chi connectivity index (χ4n) is 0.768. The maximum Gasteiger partial charge on any atom is 0.320 e. The zero-order chi connectivity index (χ0) is 15.5. The molecule has 0 aliphatic rings. The number of carboxylic acid groups (broad SMARTS) is 1. The van der Waals surface area contributed by atoms with E-state index in [1.54, 1.807) is 0 Å². The number of benzene rings is 1. The van der Waals surface area contributed by atoms with E-state index in [1.165, 1.54) is 6.07 Å². The summed E-state index contributed by atoms with van der Waals surface area (Å²) in [5.74, 6) is -1.67. The fraction of sp³-hybridized carbons (Fsp3) is 0.222. The largest absolute Gasteiger partial charge is 0.508 e. The van der Waals surface area contributed by atoms with Crippen LogP contribution in [-0.2, 0) is 11.2 Å². The van der Waals surface area contributed by atoms with Crippen LogP contribution in [0.15, 0.2) is 24.2 Å². The lowest BCUT2D eigenvalue weighted by Gasteiger charge is -2.05. The van der Waals surface area contributed by atoms with Gasteiger partial charge in [0.15, 0.2) is 0 Å². The van der Waals surface area contributed by atoms with Gasteiger partial charge in [-0.1, -0.05) is 12.1 Å². The predicted octanol–water partition coefficient (Wildman–Crippen LogP) is 0.347. The maximum absolute atomic E-state index is 11.4. The highest BCUT2D eigenvalue weighted by Gasteiger charge is 2.11. The highest BCUT2D eigenvalue weighted by Crippen LogP contribution is 2.11. The van der Waals surface area contributed by atoms with Gasteiger partial charge < -0.3 is 15.9 Å². The van der Waals surface area contributed by atoms with Crippen LogP contribution in [0.1, 0.15) is 9.68 Å². The molecule has 1 aromatic rings. The van der Waals surface area contributed by atoms with Gasteiger partial charge >= 0.3 is 5.97 Å². The molecule has 4 heteroatoms. The molecule has 0 spiro atoms. The fourth-order valence-corrected chi connectivity index (χ4v) is 0.768. The van der Waals surface area contributed by atoms with E-state index in [9.17, 15) is 4.79 Å². The minimum Gasteiger partial charge on any atom is -0.508 e. The Hall–Kier alpha value is -1.55. The Bertz CT molecular complexity index is 500. The van der Waals surface area contributed by atoms with E-state index >= 15 is 0 Å². The molecule has 0 heterocycles. The van der Waals surface area contributed by atoms with Gasteiger partial charge in [0.05, 0.1) is 2.74 Å². The van der Waals surface area contributed by atoms with Crippen molar-refractivity contribution in [3.63, 3.8) is 0 Å². The second-order valence-electron chi connectivity index (χ2n) is 2.32. The van der Waals surface area contributed by atoms with Crippen molar-refractivity contribution in [1.82, 2.24) is 0 Å². The highest BCUT2D eigenvalue weighted by atomic mass is 16.4. The van der Waals surface area contributed by atoms with Crippen molar-refractivity contribution in [3.8, 4) is 5.75 Å². The number of rotatable bonds is 5. The molecule has 70 valence electrons. The van der Waals surface area contributed by atoms with Gasteiger partial charge in [-0.2, -0.15) is 0 Å². The van der Waals surface area contributed by atoms with Crippen molar-refractivity contribution in [2.24, 2.45) is 5.72 Å². The van der Waals surface area contributed by atoms with E-state index in [-0.39, 0.29) is 23.1 Å². The van der Waals surface area contributed by atoms with Crippen molar-refractivity contribution in [3.05, 3.63) is 29.8 Å². The van der Waals surface area contributed by atoms with Gasteiger partial charge in [-0.25, -0.2) is 0 Å². The topological polar surface area (TPSA) is 83.5 Å². The molecular weight excluding hydrogens is 170 g/mol. The van der Waals surface area contributed by atoms with Crippen LogP contribution in [0.5, 0.6) is 5.75 Å². The number of phenolic OH excluding ortho intramolecular Hbond substituents is 1. The molecular formula is C9H11NO3. The third-order valence-electron chi connectivity index (χ3n) is 1.30. The van der Waals surface area contributed by atoms with Crippen LogP contribution in [0.2, 0.25) is 2.82 Å². The summed E-state index contributed by atoms with van der Waals surface area (Å²) >= 11 is 0. The summed E-state index contributed by atoms with van der Waals surface area (Å²) < 4.78 is 50.5. The third kappa shape index (κ3) is 2.76. The molecule has 0 saturated carbocycles. The van der Waals surface area contributed by atoms with E-state index in [1.807, 2.05) is 0 Å². The molecule has 0 saturated heterocycles. The first-order valence-electron chi connectivity index (χ1n) is 6.68. The normalized spacial score (nSPS) is 24.5. The summed E-state index contributed by atoms with van der Waals surface area (Å²) in [6.45, 7) is 0. The van der Waals surface area contributed by atoms with E-state index in [4.69, 9.17) is 9.80 Å². The van der Waals surface area contributed by atoms with Crippen molar-refractivity contribution in [2.75, 3.05) is 0 Å². The Balaban J connectivity index is 3.29. The average molecular weight is 188 g/mol. The van der Waals surface area contributed by atoms with Crippen molar-refractivity contribution < 1.29 is 21.9 Å². The quantitative estimate of drug-likeness (QED) is 0.622. The molecule has 0 radical (unpaired) electrons. The molecule has 0 aromatic heterocycles. The number of carbonyl (C=O) groups is 1. The summed E-state index contributed by atoms with van der Waals surface area (Å²) in [4.78, 5) is 11.4. The Morgan fingerprint density at radius 2 is 2.92 bits per heavy atom. The van der Waals surface area contributed by atoms with Crippen LogP contribution < -0.4 is 5.72 Å². The predicted molar refractivity (Wildman–Crippen MR) is 47.4 cm³/mol. The van der Waals surface area contributed by atoms with E-state index in [0.29, 0.717) is 0 Å². The Morgan fingerprint density at radius 3 is 3.62 bits per heavy atom. The van der Waals surface area contributed by atoms with Crippen molar-refractivity contribution in [2.45, 2.75) is 12.4 Å². The van der Waals surface area contributed by atoms with Crippen LogP contribution in [0.3, 0.4) is 0 Å². The molecule has 4 N–H and O–H groups in total. The molecule has 4 nitrogen and oxygen atoms in total. The number of aromatic hydroxyl groups is 1. The molecule has 1 unspecified atom stereocenters.